The number of hydrogen-bond acceptors (Lipinski definition) is 1. The van der Waals surface area contributed by atoms with Crippen molar-refractivity contribution in [2.24, 2.45) is 0 Å². The van der Waals surface area contributed by atoms with Crippen LogP contribution in [0.2, 0.25) is 0 Å². The van der Waals surface area contributed by atoms with E-state index in [9.17, 15) is 0 Å². The van der Waals surface area contributed by atoms with Gasteiger partial charge in [0.1, 0.15) is 0 Å². The summed E-state index contributed by atoms with van der Waals surface area (Å²) in [5.41, 5.74) is 2.49. The van der Waals surface area contributed by atoms with Gasteiger partial charge in [-0.1, -0.05) is 12.7 Å². The summed E-state index contributed by atoms with van der Waals surface area (Å²) in [7, 11) is 0. The SMILES string of the molecule is C=C1NCCC/C1=C/C. The Labute approximate surface area is 56.5 Å². The summed E-state index contributed by atoms with van der Waals surface area (Å²) in [6, 6.07) is 0. The molecule has 0 saturated carbocycles. The zero-order valence-corrected chi connectivity index (χ0v) is 5.91. The minimum absolute atomic E-state index is 1.09. The van der Waals surface area contributed by atoms with Crippen LogP contribution in [0.1, 0.15) is 19.8 Å². The summed E-state index contributed by atoms with van der Waals surface area (Å²) in [5.74, 6) is 0. The third kappa shape index (κ3) is 1.35. The average molecular weight is 123 g/mol. The van der Waals surface area contributed by atoms with Crippen LogP contribution in [-0.4, -0.2) is 6.54 Å². The molecule has 0 aromatic heterocycles. The lowest BCUT2D eigenvalue weighted by molar-refractivity contribution is 0.670. The van der Waals surface area contributed by atoms with E-state index in [1.54, 1.807) is 0 Å². The van der Waals surface area contributed by atoms with Crippen molar-refractivity contribution in [3.63, 3.8) is 0 Å². The van der Waals surface area contributed by atoms with Gasteiger partial charge in [0.05, 0.1) is 0 Å². The van der Waals surface area contributed by atoms with Gasteiger partial charge in [-0.2, -0.15) is 0 Å². The van der Waals surface area contributed by atoms with Crippen LogP contribution >= 0.6 is 0 Å². The highest BCUT2D eigenvalue weighted by atomic mass is 14.9. The first-order valence-corrected chi connectivity index (χ1v) is 3.43. The van der Waals surface area contributed by atoms with Gasteiger partial charge in [0, 0.05) is 12.2 Å². The highest BCUT2D eigenvalue weighted by molar-refractivity contribution is 5.27. The summed E-state index contributed by atoms with van der Waals surface area (Å²) in [4.78, 5) is 0. The summed E-state index contributed by atoms with van der Waals surface area (Å²) in [6.45, 7) is 7.04. The van der Waals surface area contributed by atoms with Crippen molar-refractivity contribution >= 4 is 0 Å². The van der Waals surface area contributed by atoms with Gasteiger partial charge in [0.15, 0.2) is 0 Å². The van der Waals surface area contributed by atoms with Gasteiger partial charge in [0.2, 0.25) is 0 Å². The predicted octanol–water partition coefficient (Wildman–Crippen LogP) is 1.83. The zero-order valence-electron chi connectivity index (χ0n) is 5.91. The largest absolute Gasteiger partial charge is 0.385 e. The van der Waals surface area contributed by atoms with Gasteiger partial charge in [-0.25, -0.2) is 0 Å². The minimum Gasteiger partial charge on any atom is -0.385 e. The molecule has 0 radical (unpaired) electrons. The van der Waals surface area contributed by atoms with Crippen LogP contribution in [0.5, 0.6) is 0 Å². The van der Waals surface area contributed by atoms with E-state index in [1.807, 2.05) is 0 Å². The molecule has 1 aliphatic rings. The van der Waals surface area contributed by atoms with Gasteiger partial charge in [-0.3, -0.25) is 0 Å². The molecular weight excluding hydrogens is 110 g/mol. The van der Waals surface area contributed by atoms with Crippen LogP contribution in [0.25, 0.3) is 0 Å². The molecule has 1 rings (SSSR count). The normalized spacial score (nSPS) is 24.1. The van der Waals surface area contributed by atoms with E-state index >= 15 is 0 Å². The van der Waals surface area contributed by atoms with E-state index in [0.29, 0.717) is 0 Å². The second-order valence-electron chi connectivity index (χ2n) is 2.32. The molecule has 1 saturated heterocycles. The number of hydrogen-bond donors (Lipinski definition) is 1. The quantitative estimate of drug-likeness (QED) is 0.518. The molecule has 1 heteroatoms. The van der Waals surface area contributed by atoms with Gasteiger partial charge >= 0.3 is 0 Å². The van der Waals surface area contributed by atoms with E-state index in [-0.39, 0.29) is 0 Å². The van der Waals surface area contributed by atoms with E-state index < -0.39 is 0 Å². The zero-order chi connectivity index (χ0) is 6.69. The van der Waals surface area contributed by atoms with Crippen molar-refractivity contribution in [1.82, 2.24) is 5.32 Å². The Balaban J connectivity index is 2.60. The summed E-state index contributed by atoms with van der Waals surface area (Å²) >= 11 is 0. The average Bonchev–Trinajstić information content (AvgIpc) is 1.89. The Morgan fingerprint density at radius 2 is 2.44 bits per heavy atom. The molecule has 1 N–H and O–H groups in total. The lowest BCUT2D eigenvalue weighted by Gasteiger charge is -2.18. The van der Waals surface area contributed by atoms with Crippen LogP contribution in [0.3, 0.4) is 0 Å². The molecule has 0 spiro atoms. The molecule has 0 bridgehead atoms. The highest BCUT2D eigenvalue weighted by Crippen LogP contribution is 2.15. The minimum atomic E-state index is 1.09. The third-order valence-electron chi connectivity index (χ3n) is 1.70. The Bertz CT molecular complexity index is 145. The Hall–Kier alpha value is -0.720. The smallest absolute Gasteiger partial charge is 0.0296 e. The van der Waals surface area contributed by atoms with E-state index in [1.165, 1.54) is 18.4 Å². The second-order valence-corrected chi connectivity index (χ2v) is 2.32. The summed E-state index contributed by atoms with van der Waals surface area (Å²) < 4.78 is 0. The fourth-order valence-corrected chi connectivity index (χ4v) is 1.10. The second kappa shape index (κ2) is 2.72. The number of piperidine rings is 1. The third-order valence-corrected chi connectivity index (χ3v) is 1.70. The summed E-state index contributed by atoms with van der Waals surface area (Å²) in [6.07, 6.45) is 4.58. The highest BCUT2D eigenvalue weighted by Gasteiger charge is 2.05. The van der Waals surface area contributed by atoms with Crippen molar-refractivity contribution in [3.05, 3.63) is 23.9 Å². The molecule has 0 aliphatic carbocycles. The molecular formula is C8H13N. The van der Waals surface area contributed by atoms with Crippen LogP contribution < -0.4 is 5.32 Å². The van der Waals surface area contributed by atoms with Crippen molar-refractivity contribution in [2.45, 2.75) is 19.8 Å². The Morgan fingerprint density at radius 3 is 2.89 bits per heavy atom. The van der Waals surface area contributed by atoms with Crippen LogP contribution in [0.4, 0.5) is 0 Å². The Morgan fingerprint density at radius 1 is 1.67 bits per heavy atom. The maximum absolute atomic E-state index is 3.89. The maximum atomic E-state index is 3.89. The molecule has 0 aromatic rings. The molecule has 0 aromatic carbocycles. The summed E-state index contributed by atoms with van der Waals surface area (Å²) in [5, 5.41) is 3.22. The predicted molar refractivity (Wildman–Crippen MR) is 40.1 cm³/mol. The first-order valence-electron chi connectivity index (χ1n) is 3.43. The van der Waals surface area contributed by atoms with Gasteiger partial charge in [-0.15, -0.1) is 0 Å². The van der Waals surface area contributed by atoms with E-state index in [0.717, 1.165) is 12.2 Å². The lowest BCUT2D eigenvalue weighted by atomic mass is 10.0. The molecule has 1 aliphatic heterocycles. The number of nitrogens with one attached hydrogen (secondary N) is 1. The van der Waals surface area contributed by atoms with Crippen LogP contribution in [-0.2, 0) is 0 Å². The van der Waals surface area contributed by atoms with Crippen LogP contribution in [0.15, 0.2) is 23.9 Å². The van der Waals surface area contributed by atoms with Crippen LogP contribution in [0, 0.1) is 0 Å². The molecule has 50 valence electrons. The molecule has 0 atom stereocenters. The van der Waals surface area contributed by atoms with E-state index in [4.69, 9.17) is 0 Å². The van der Waals surface area contributed by atoms with Crippen molar-refractivity contribution in [1.29, 1.82) is 0 Å². The van der Waals surface area contributed by atoms with Crippen molar-refractivity contribution in [2.75, 3.05) is 6.54 Å². The van der Waals surface area contributed by atoms with Crippen molar-refractivity contribution in [3.8, 4) is 0 Å². The Kier molecular flexibility index (Phi) is 1.93. The van der Waals surface area contributed by atoms with Gasteiger partial charge in [0.25, 0.3) is 0 Å². The molecule has 1 heterocycles. The molecule has 1 nitrogen and oxygen atoms in total. The first kappa shape index (κ1) is 6.40. The number of allylic oxidation sites excluding steroid dienone is 2. The molecule has 0 unspecified atom stereocenters. The topological polar surface area (TPSA) is 12.0 Å². The van der Waals surface area contributed by atoms with Gasteiger partial charge in [-0.05, 0) is 25.3 Å². The van der Waals surface area contributed by atoms with Crippen molar-refractivity contribution < 1.29 is 0 Å². The fraction of sp³-hybridized carbons (Fsp3) is 0.500. The molecule has 1 fully saturated rings. The fourth-order valence-electron chi connectivity index (χ4n) is 1.10. The monoisotopic (exact) mass is 123 g/mol. The van der Waals surface area contributed by atoms with E-state index in [2.05, 4.69) is 24.9 Å². The molecule has 9 heavy (non-hydrogen) atoms. The first-order chi connectivity index (χ1) is 4.34. The number of rotatable bonds is 0. The standard InChI is InChI=1S/C8H13N/c1-3-8-5-4-6-9-7(8)2/h3,9H,2,4-6H2,1H3/b8-3-. The maximum Gasteiger partial charge on any atom is 0.0296 e. The molecule has 0 amide bonds. The lowest BCUT2D eigenvalue weighted by Crippen LogP contribution is -2.20. The van der Waals surface area contributed by atoms with Gasteiger partial charge < -0.3 is 5.32 Å².